The van der Waals surface area contributed by atoms with Crippen LogP contribution in [0.5, 0.6) is 0 Å². The summed E-state index contributed by atoms with van der Waals surface area (Å²) in [5.74, 6) is 0. The Hall–Kier alpha value is -0.160. The quantitative estimate of drug-likeness (QED) is 0.626. The molecule has 0 aliphatic carbocycles. The van der Waals surface area contributed by atoms with Gasteiger partial charge in [0.05, 0.1) is 19.4 Å². The van der Waals surface area contributed by atoms with Gasteiger partial charge in [-0.25, -0.2) is 4.79 Å². The fourth-order valence-corrected chi connectivity index (χ4v) is 5.64. The average Bonchev–Trinajstić information content (AvgIpc) is 2.47. The average molecular weight is 365 g/mol. The second kappa shape index (κ2) is 9.36. The lowest BCUT2D eigenvalue weighted by Crippen LogP contribution is -2.42. The minimum Gasteiger partial charge on any atom is -0.445 e. The van der Waals surface area contributed by atoms with Crippen LogP contribution in [0.25, 0.3) is 0 Å². The summed E-state index contributed by atoms with van der Waals surface area (Å²) < 4.78 is 17.3. The van der Waals surface area contributed by atoms with Gasteiger partial charge in [0.25, 0.3) is 0 Å². The number of hydrogen-bond acceptors (Lipinski definition) is 5. The first-order chi connectivity index (χ1) is 10.7. The van der Waals surface area contributed by atoms with E-state index in [1.807, 2.05) is 13.8 Å². The van der Waals surface area contributed by atoms with E-state index in [1.54, 1.807) is 4.90 Å². The highest BCUT2D eigenvalue weighted by atomic mass is 32.5. The van der Waals surface area contributed by atoms with Gasteiger partial charge in [-0.1, -0.05) is 20.8 Å². The van der Waals surface area contributed by atoms with Gasteiger partial charge in [-0.3, -0.25) is 0 Å². The van der Waals surface area contributed by atoms with Crippen LogP contribution in [0.3, 0.4) is 0 Å². The van der Waals surface area contributed by atoms with E-state index >= 15 is 0 Å². The lowest BCUT2D eigenvalue weighted by atomic mass is 9.90. The van der Waals surface area contributed by atoms with Crippen molar-refractivity contribution in [2.24, 2.45) is 5.41 Å². The van der Waals surface area contributed by atoms with Gasteiger partial charge in [0.1, 0.15) is 6.10 Å². The molecule has 1 aliphatic rings. The molecule has 1 unspecified atom stereocenters. The molecular formula is C16H32NO4PS. The maximum Gasteiger partial charge on any atom is 0.410 e. The molecule has 0 N–H and O–H groups in total. The highest BCUT2D eigenvalue weighted by Crippen LogP contribution is 2.51. The maximum absolute atomic E-state index is 12.5. The van der Waals surface area contributed by atoms with E-state index in [4.69, 9.17) is 25.6 Å². The van der Waals surface area contributed by atoms with Gasteiger partial charge in [0.15, 0.2) is 6.49 Å². The molecule has 0 bridgehead atoms. The minimum atomic E-state index is -2.43. The zero-order valence-corrected chi connectivity index (χ0v) is 16.9. The molecule has 1 rings (SSSR count). The molecule has 0 aromatic carbocycles. The first-order valence-corrected chi connectivity index (χ1v) is 11.4. The van der Waals surface area contributed by atoms with Crippen LogP contribution < -0.4 is 0 Å². The Morgan fingerprint density at radius 2 is 1.65 bits per heavy atom. The van der Waals surface area contributed by atoms with Crippen molar-refractivity contribution in [3.05, 3.63) is 0 Å². The lowest BCUT2D eigenvalue weighted by Gasteiger charge is -2.36. The fraction of sp³-hybridized carbons (Fsp3) is 0.938. The third-order valence-corrected chi connectivity index (χ3v) is 7.03. The lowest BCUT2D eigenvalue weighted by molar-refractivity contribution is 0.0170. The van der Waals surface area contributed by atoms with Crippen molar-refractivity contribution in [1.82, 2.24) is 4.90 Å². The molecular weight excluding hydrogens is 333 g/mol. The topological polar surface area (TPSA) is 48.0 Å². The summed E-state index contributed by atoms with van der Waals surface area (Å²) in [7, 11) is 0. The molecule has 1 aliphatic heterocycles. The molecule has 5 nitrogen and oxygen atoms in total. The summed E-state index contributed by atoms with van der Waals surface area (Å²) in [6.45, 7) is 10.1. The van der Waals surface area contributed by atoms with Crippen LogP contribution in [0, 0.1) is 5.41 Å². The van der Waals surface area contributed by atoms with Crippen molar-refractivity contribution >= 4 is 24.4 Å². The van der Waals surface area contributed by atoms with E-state index in [9.17, 15) is 4.79 Å². The first-order valence-electron chi connectivity index (χ1n) is 8.55. The molecule has 7 heteroatoms. The fourth-order valence-electron chi connectivity index (χ4n) is 2.50. The second-order valence-electron chi connectivity index (χ2n) is 6.92. The summed E-state index contributed by atoms with van der Waals surface area (Å²) >= 11 is 5.62. The number of amides is 1. The van der Waals surface area contributed by atoms with Gasteiger partial charge in [0, 0.05) is 13.1 Å². The van der Waals surface area contributed by atoms with Crippen molar-refractivity contribution in [3.8, 4) is 0 Å². The molecule has 0 radical (unpaired) electrons. The van der Waals surface area contributed by atoms with Crippen LogP contribution in [0.4, 0.5) is 4.79 Å². The van der Waals surface area contributed by atoms with Crippen LogP contribution in [-0.2, 0) is 25.6 Å². The summed E-state index contributed by atoms with van der Waals surface area (Å²) in [5, 5.41) is 0. The van der Waals surface area contributed by atoms with Gasteiger partial charge in [0.2, 0.25) is 0 Å². The van der Waals surface area contributed by atoms with E-state index in [1.165, 1.54) is 6.42 Å². The van der Waals surface area contributed by atoms with Crippen LogP contribution >= 0.6 is 6.49 Å². The van der Waals surface area contributed by atoms with Gasteiger partial charge in [-0.2, -0.15) is 0 Å². The van der Waals surface area contributed by atoms with Gasteiger partial charge in [-0.15, -0.1) is 0 Å². The smallest absolute Gasteiger partial charge is 0.410 e. The summed E-state index contributed by atoms with van der Waals surface area (Å²) in [6.07, 6.45) is 3.17. The summed E-state index contributed by atoms with van der Waals surface area (Å²) in [4.78, 5) is 14.3. The van der Waals surface area contributed by atoms with E-state index in [0.717, 1.165) is 25.9 Å². The Morgan fingerprint density at radius 3 is 2.09 bits per heavy atom. The highest BCUT2D eigenvalue weighted by molar-refractivity contribution is 8.09. The Kier molecular flexibility index (Phi) is 8.50. The SMILES string of the molecule is CCOP(=S)(CC(OC(=O)N1CCCCC1)C(C)(C)C)OCC. The second-order valence-corrected chi connectivity index (χ2v) is 10.7. The molecule has 0 spiro atoms. The van der Waals surface area contributed by atoms with E-state index in [0.29, 0.717) is 19.4 Å². The van der Waals surface area contributed by atoms with E-state index < -0.39 is 6.49 Å². The largest absolute Gasteiger partial charge is 0.445 e. The van der Waals surface area contributed by atoms with Crippen molar-refractivity contribution < 1.29 is 18.6 Å². The Labute approximate surface area is 146 Å². The zero-order chi connectivity index (χ0) is 17.5. The summed E-state index contributed by atoms with van der Waals surface area (Å²) in [5.41, 5.74) is -0.219. The maximum atomic E-state index is 12.5. The Bertz CT molecular complexity index is 409. The molecule has 23 heavy (non-hydrogen) atoms. The Balaban J connectivity index is 2.79. The number of hydrogen-bond donors (Lipinski definition) is 0. The molecule has 1 saturated heterocycles. The predicted molar refractivity (Wildman–Crippen MR) is 97.6 cm³/mol. The molecule has 0 aromatic rings. The summed E-state index contributed by atoms with van der Waals surface area (Å²) in [6, 6.07) is 0. The monoisotopic (exact) mass is 365 g/mol. The van der Waals surface area contributed by atoms with Crippen LogP contribution in [-0.4, -0.2) is 49.6 Å². The van der Waals surface area contributed by atoms with Gasteiger partial charge in [-0.05, 0) is 50.3 Å². The zero-order valence-electron chi connectivity index (χ0n) is 15.2. The van der Waals surface area contributed by atoms with Crippen molar-refractivity contribution in [2.45, 2.75) is 60.0 Å². The first kappa shape index (κ1) is 20.9. The Morgan fingerprint density at radius 1 is 1.13 bits per heavy atom. The number of piperidine rings is 1. The molecule has 1 fully saturated rings. The number of likely N-dealkylation sites (tertiary alicyclic amines) is 1. The molecule has 1 heterocycles. The number of carbonyl (C=O) groups is 1. The third kappa shape index (κ3) is 7.08. The molecule has 0 saturated carbocycles. The van der Waals surface area contributed by atoms with Gasteiger partial charge >= 0.3 is 6.09 Å². The number of nitrogens with zero attached hydrogens (tertiary/aromatic N) is 1. The van der Waals surface area contributed by atoms with Crippen LogP contribution in [0.2, 0.25) is 0 Å². The molecule has 1 amide bonds. The highest BCUT2D eigenvalue weighted by Gasteiger charge is 2.36. The third-order valence-electron chi connectivity index (χ3n) is 3.86. The van der Waals surface area contributed by atoms with Gasteiger partial charge < -0.3 is 18.7 Å². The van der Waals surface area contributed by atoms with E-state index in [2.05, 4.69) is 20.8 Å². The normalized spacial score (nSPS) is 17.9. The van der Waals surface area contributed by atoms with Crippen molar-refractivity contribution in [1.29, 1.82) is 0 Å². The van der Waals surface area contributed by atoms with Crippen LogP contribution in [0.1, 0.15) is 53.9 Å². The van der Waals surface area contributed by atoms with Crippen molar-refractivity contribution in [2.75, 3.05) is 32.5 Å². The van der Waals surface area contributed by atoms with Crippen molar-refractivity contribution in [3.63, 3.8) is 0 Å². The minimum absolute atomic E-state index is 0.219. The molecule has 1 atom stereocenters. The van der Waals surface area contributed by atoms with Crippen LogP contribution in [0.15, 0.2) is 0 Å². The van der Waals surface area contributed by atoms with E-state index in [-0.39, 0.29) is 17.6 Å². The number of ether oxygens (including phenoxy) is 1. The molecule has 0 aromatic heterocycles. The standard InChI is InChI=1S/C16H32NO4PS/c1-6-19-22(23,20-7-2)13-14(16(3,4)5)21-15(18)17-11-9-8-10-12-17/h14H,6-13H2,1-5H3. The number of carbonyl (C=O) groups excluding carboxylic acids is 1. The predicted octanol–water partition coefficient (Wildman–Crippen LogP) is 4.41. The number of rotatable bonds is 7. The molecule has 136 valence electrons.